The van der Waals surface area contributed by atoms with Crippen LogP contribution in [0.25, 0.3) is 0 Å². The number of carbonyl (C=O) groups excluding carboxylic acids is 4. The molecule has 0 aliphatic heterocycles. The normalized spacial score (nSPS) is 13.8. The molecule has 11 heteroatoms. The maximum atomic E-state index is 13.6. The van der Waals surface area contributed by atoms with E-state index < -0.39 is 54.1 Å². The Morgan fingerprint density at radius 1 is 0.848 bits per heavy atom. The summed E-state index contributed by atoms with van der Waals surface area (Å²) in [5, 5.41) is 19.8. The zero-order chi connectivity index (χ0) is 33.7. The van der Waals surface area contributed by atoms with Gasteiger partial charge in [-0.2, -0.15) is 0 Å². The van der Waals surface area contributed by atoms with Crippen LogP contribution in [-0.2, 0) is 27.4 Å². The van der Waals surface area contributed by atoms with Crippen LogP contribution in [0.1, 0.15) is 56.8 Å². The Morgan fingerprint density at radius 2 is 1.39 bits per heavy atom. The first kappa shape index (κ1) is 35.6. The van der Waals surface area contributed by atoms with Crippen LogP contribution < -0.4 is 21.7 Å². The van der Waals surface area contributed by atoms with Crippen LogP contribution in [0.2, 0.25) is 0 Å². The van der Waals surface area contributed by atoms with Crippen molar-refractivity contribution in [3.63, 3.8) is 0 Å². The molecule has 0 bridgehead atoms. The van der Waals surface area contributed by atoms with Gasteiger partial charge in [-0.25, -0.2) is 9.59 Å². The maximum absolute atomic E-state index is 13.6. The number of benzene rings is 3. The van der Waals surface area contributed by atoms with Crippen molar-refractivity contribution in [1.29, 1.82) is 0 Å². The van der Waals surface area contributed by atoms with Crippen LogP contribution in [0.15, 0.2) is 91.0 Å². The monoisotopic (exact) mass is 631 g/mol. The van der Waals surface area contributed by atoms with Crippen LogP contribution >= 0.6 is 0 Å². The van der Waals surface area contributed by atoms with Crippen molar-refractivity contribution in [2.24, 2.45) is 5.73 Å². The van der Waals surface area contributed by atoms with Gasteiger partial charge < -0.3 is 36.4 Å². The zero-order valence-electron chi connectivity index (χ0n) is 26.8. The summed E-state index contributed by atoms with van der Waals surface area (Å²) in [4.78, 5) is 53.1. The topological polar surface area (TPSA) is 163 Å². The van der Waals surface area contributed by atoms with E-state index in [1.54, 1.807) is 24.3 Å². The highest BCUT2D eigenvalue weighted by Crippen LogP contribution is 2.22. The van der Waals surface area contributed by atoms with Crippen LogP contribution in [0.4, 0.5) is 9.59 Å². The SMILES string of the molecule is C[C@H](c1ccccc1)N(C[C@@H](O)[C@H](Cc1ccccc1)NC(=O)[C@H](CC(N)=O)NC(=O)OCc1ccccc1)C(=O)NC(C)(C)C. The Morgan fingerprint density at radius 3 is 1.93 bits per heavy atom. The Kier molecular flexibility index (Phi) is 13.1. The molecule has 0 fully saturated rings. The first-order valence-electron chi connectivity index (χ1n) is 15.2. The van der Waals surface area contributed by atoms with Crippen molar-refractivity contribution in [3.8, 4) is 0 Å². The van der Waals surface area contributed by atoms with E-state index in [2.05, 4.69) is 16.0 Å². The van der Waals surface area contributed by atoms with Gasteiger partial charge in [-0.1, -0.05) is 91.0 Å². The minimum Gasteiger partial charge on any atom is -0.445 e. The van der Waals surface area contributed by atoms with Crippen molar-refractivity contribution in [2.75, 3.05) is 6.54 Å². The molecule has 6 N–H and O–H groups in total. The summed E-state index contributed by atoms with van der Waals surface area (Å²) in [6.45, 7) is 7.27. The van der Waals surface area contributed by atoms with Gasteiger partial charge in [0, 0.05) is 5.54 Å². The smallest absolute Gasteiger partial charge is 0.408 e. The number of hydrogen-bond acceptors (Lipinski definition) is 6. The lowest BCUT2D eigenvalue weighted by molar-refractivity contribution is -0.128. The first-order valence-corrected chi connectivity index (χ1v) is 15.2. The molecule has 0 unspecified atom stereocenters. The zero-order valence-corrected chi connectivity index (χ0v) is 26.8. The summed E-state index contributed by atoms with van der Waals surface area (Å²) in [6, 6.07) is 24.5. The molecule has 4 atom stereocenters. The molecule has 0 saturated heterocycles. The number of hydrogen-bond donors (Lipinski definition) is 5. The Hall–Kier alpha value is -4.90. The molecule has 0 saturated carbocycles. The highest BCUT2D eigenvalue weighted by atomic mass is 16.5. The Bertz CT molecular complexity index is 1420. The minimum atomic E-state index is -1.37. The van der Waals surface area contributed by atoms with E-state index in [0.717, 1.165) is 16.7 Å². The van der Waals surface area contributed by atoms with E-state index in [1.807, 2.05) is 94.4 Å². The van der Waals surface area contributed by atoms with Gasteiger partial charge in [0.1, 0.15) is 12.6 Å². The summed E-state index contributed by atoms with van der Waals surface area (Å²) < 4.78 is 5.24. The molecule has 0 radical (unpaired) electrons. The second-order valence-electron chi connectivity index (χ2n) is 12.2. The number of carbonyl (C=O) groups is 4. The van der Waals surface area contributed by atoms with Crippen molar-refractivity contribution < 1.29 is 29.0 Å². The van der Waals surface area contributed by atoms with E-state index in [-0.39, 0.29) is 25.6 Å². The van der Waals surface area contributed by atoms with Crippen molar-refractivity contribution in [1.82, 2.24) is 20.9 Å². The molecule has 3 aromatic rings. The number of nitrogens with zero attached hydrogens (tertiary/aromatic N) is 1. The predicted molar refractivity (Wildman–Crippen MR) is 175 cm³/mol. The number of rotatable bonds is 14. The third kappa shape index (κ3) is 11.9. The Labute approximate surface area is 270 Å². The van der Waals surface area contributed by atoms with E-state index in [9.17, 15) is 24.3 Å². The third-order valence-electron chi connectivity index (χ3n) is 7.19. The second kappa shape index (κ2) is 17.0. The molecule has 0 aliphatic rings. The number of alkyl carbamates (subject to hydrolysis) is 1. The summed E-state index contributed by atoms with van der Waals surface area (Å²) >= 11 is 0. The molecule has 11 nitrogen and oxygen atoms in total. The van der Waals surface area contributed by atoms with Crippen LogP contribution in [0.3, 0.4) is 0 Å². The summed E-state index contributed by atoms with van der Waals surface area (Å²) in [5.74, 6) is -1.55. The van der Waals surface area contributed by atoms with Crippen molar-refractivity contribution in [2.45, 2.75) is 76.9 Å². The summed E-state index contributed by atoms with van der Waals surface area (Å²) in [6.07, 6.45) is -2.46. The van der Waals surface area contributed by atoms with E-state index >= 15 is 0 Å². The van der Waals surface area contributed by atoms with Gasteiger partial charge in [0.25, 0.3) is 0 Å². The van der Waals surface area contributed by atoms with Gasteiger partial charge in [0.05, 0.1) is 31.2 Å². The molecule has 46 heavy (non-hydrogen) atoms. The number of aliphatic hydroxyl groups is 1. The number of nitrogens with one attached hydrogen (secondary N) is 3. The van der Waals surface area contributed by atoms with E-state index in [0.29, 0.717) is 0 Å². The van der Waals surface area contributed by atoms with Gasteiger partial charge >= 0.3 is 12.1 Å². The van der Waals surface area contributed by atoms with Crippen molar-refractivity contribution >= 4 is 23.9 Å². The molecule has 5 amide bonds. The average Bonchev–Trinajstić information content (AvgIpc) is 3.02. The summed E-state index contributed by atoms with van der Waals surface area (Å²) in [5.41, 5.74) is 7.29. The third-order valence-corrected chi connectivity index (χ3v) is 7.19. The molecule has 0 spiro atoms. The quantitative estimate of drug-likeness (QED) is 0.182. The molecule has 3 aromatic carbocycles. The van der Waals surface area contributed by atoms with Gasteiger partial charge in [0.2, 0.25) is 11.8 Å². The summed E-state index contributed by atoms with van der Waals surface area (Å²) in [7, 11) is 0. The number of nitrogens with two attached hydrogens (primary N) is 1. The van der Waals surface area contributed by atoms with Gasteiger partial charge in [0.15, 0.2) is 0 Å². The lowest BCUT2D eigenvalue weighted by atomic mass is 9.98. The molecule has 0 aliphatic carbocycles. The second-order valence-corrected chi connectivity index (χ2v) is 12.2. The highest BCUT2D eigenvalue weighted by molar-refractivity contribution is 5.90. The number of primary amides is 1. The van der Waals surface area contributed by atoms with E-state index in [4.69, 9.17) is 10.5 Å². The Balaban J connectivity index is 1.83. The number of aliphatic hydroxyl groups excluding tert-OH is 1. The standard InChI is InChI=1S/C35H45N5O6/c1-24(27-18-12-7-13-19-27)40(33(44)39-35(2,3)4)22-30(41)28(20-25-14-8-5-9-15-25)37-32(43)29(21-31(36)42)38-34(45)46-23-26-16-10-6-11-17-26/h5-19,24,28-30,41H,20-23H2,1-4H3,(H2,36,42)(H,37,43)(H,38,45)(H,39,44)/t24-,28+,29+,30-/m1/s1. The first-order chi connectivity index (χ1) is 21.8. The van der Waals surface area contributed by atoms with Crippen LogP contribution in [0.5, 0.6) is 0 Å². The molecule has 3 rings (SSSR count). The minimum absolute atomic E-state index is 0.0427. The largest absolute Gasteiger partial charge is 0.445 e. The van der Waals surface area contributed by atoms with Crippen molar-refractivity contribution in [3.05, 3.63) is 108 Å². The molecule has 0 aromatic heterocycles. The van der Waals surface area contributed by atoms with Gasteiger partial charge in [-0.15, -0.1) is 0 Å². The fraction of sp³-hybridized carbons (Fsp3) is 0.371. The number of urea groups is 1. The number of amides is 5. The van der Waals surface area contributed by atoms with Crippen LogP contribution in [-0.4, -0.2) is 64.2 Å². The average molecular weight is 632 g/mol. The number of ether oxygens (including phenoxy) is 1. The highest BCUT2D eigenvalue weighted by Gasteiger charge is 2.33. The van der Waals surface area contributed by atoms with Gasteiger partial charge in [-0.05, 0) is 50.8 Å². The molecule has 246 valence electrons. The van der Waals surface area contributed by atoms with E-state index in [1.165, 1.54) is 4.90 Å². The predicted octanol–water partition coefficient (Wildman–Crippen LogP) is 3.82. The fourth-order valence-electron chi connectivity index (χ4n) is 4.80. The maximum Gasteiger partial charge on any atom is 0.408 e. The molecular formula is C35H45N5O6. The molecule has 0 heterocycles. The van der Waals surface area contributed by atoms with Crippen LogP contribution in [0, 0.1) is 0 Å². The van der Waals surface area contributed by atoms with Gasteiger partial charge in [-0.3, -0.25) is 9.59 Å². The fourth-order valence-corrected chi connectivity index (χ4v) is 4.80. The lowest BCUT2D eigenvalue weighted by Crippen LogP contribution is -2.57. The molecular weight excluding hydrogens is 586 g/mol. The lowest BCUT2D eigenvalue weighted by Gasteiger charge is -2.36.